The number of fused-ring (bicyclic) bond motifs is 1. The van der Waals surface area contributed by atoms with E-state index in [0.717, 1.165) is 0 Å². The predicted molar refractivity (Wildman–Crippen MR) is 318 cm³/mol. The number of benzene rings is 2. The average molecular weight is 2270 g/mol. The highest BCUT2D eigenvalue weighted by Crippen LogP contribution is 2.50. The van der Waals surface area contributed by atoms with Gasteiger partial charge < -0.3 is 0 Å². The molecule has 0 saturated heterocycles. The molecular formula is C26H24Br2I14. The van der Waals surface area contributed by atoms with Crippen LogP contribution in [0, 0.1) is 0 Å². The van der Waals surface area contributed by atoms with E-state index in [0.29, 0.717) is 54.9 Å². The van der Waals surface area contributed by atoms with Gasteiger partial charge in [0.2, 0.25) is 0 Å². The van der Waals surface area contributed by atoms with Crippen LogP contribution in [0.1, 0.15) is 32.8 Å². The molecule has 16 heteroatoms. The molecule has 0 N–H and O–H groups in total. The Bertz CT molecular complexity index is 1080. The van der Waals surface area contributed by atoms with Crippen molar-refractivity contribution in [3.05, 3.63) is 44.3 Å². The van der Waals surface area contributed by atoms with Crippen LogP contribution >= 0.6 is 348 Å². The molecule has 42 heavy (non-hydrogen) atoms. The highest BCUT2D eigenvalue weighted by Gasteiger charge is 2.39. The van der Waals surface area contributed by atoms with Gasteiger partial charge in [0.25, 0.3) is 0 Å². The molecule has 0 heterocycles. The molecule has 0 fully saturated rings. The van der Waals surface area contributed by atoms with Crippen molar-refractivity contribution in [1.29, 1.82) is 0 Å². The maximum Gasteiger partial charge on any atom is 0.0505 e. The molecule has 14 atom stereocenters. The fraction of sp³-hybridized carbons (Fsp3) is 0.615. The van der Waals surface area contributed by atoms with Crippen molar-refractivity contribution in [3.8, 4) is 0 Å². The van der Waals surface area contributed by atoms with Gasteiger partial charge in [0.1, 0.15) is 0 Å². The van der Waals surface area contributed by atoms with E-state index in [2.05, 4.69) is 386 Å². The highest BCUT2D eigenvalue weighted by atomic mass is 127. The summed E-state index contributed by atoms with van der Waals surface area (Å²) in [5, 5.41) is 2.77. The molecule has 0 saturated carbocycles. The average Bonchev–Trinajstić information content (AvgIpc) is 2.96. The van der Waals surface area contributed by atoms with Crippen molar-refractivity contribution in [2.24, 2.45) is 0 Å². The van der Waals surface area contributed by atoms with Gasteiger partial charge in [-0.15, -0.1) is 0 Å². The molecule has 0 spiro atoms. The van der Waals surface area contributed by atoms with E-state index in [1.165, 1.54) is 30.8 Å². The normalized spacial score (nSPS) is 22.6. The van der Waals surface area contributed by atoms with Crippen LogP contribution in [0.15, 0.2) is 33.2 Å². The Morgan fingerprint density at radius 2 is 0.619 bits per heavy atom. The summed E-state index contributed by atoms with van der Waals surface area (Å²) in [5.74, 6) is 0. The number of halogens is 16. The third-order valence-corrected chi connectivity index (χ3v) is 44.8. The maximum absolute atomic E-state index is 4.00. The Kier molecular flexibility index (Phi) is 26.5. The second-order valence-electron chi connectivity index (χ2n) is 9.62. The van der Waals surface area contributed by atoms with Gasteiger partial charge in [-0.05, 0) is 34.0 Å². The van der Waals surface area contributed by atoms with Gasteiger partial charge in [0.05, 0.1) is 7.85 Å². The minimum Gasteiger partial charge on any atom is -0.0817 e. The summed E-state index contributed by atoms with van der Waals surface area (Å²) in [6.45, 7) is 4.68. The summed E-state index contributed by atoms with van der Waals surface area (Å²) in [5.41, 5.74) is 2.87. The summed E-state index contributed by atoms with van der Waals surface area (Å²) in [4.78, 5) is 0. The van der Waals surface area contributed by atoms with E-state index in [1.807, 2.05) is 0 Å². The second kappa shape index (κ2) is 23.2. The summed E-state index contributed by atoms with van der Waals surface area (Å²) in [6.07, 6.45) is 0. The predicted octanol–water partition coefficient (Wildman–Crippen LogP) is 17.0. The van der Waals surface area contributed by atoms with Crippen LogP contribution in [0.2, 0.25) is 0 Å². The summed E-state index contributed by atoms with van der Waals surface area (Å²) >= 11 is 45.8. The first-order valence-corrected chi connectivity index (χ1v) is 31.3. The Morgan fingerprint density at radius 1 is 0.381 bits per heavy atom. The lowest BCUT2D eigenvalue weighted by molar-refractivity contribution is 0.745. The van der Waals surface area contributed by atoms with E-state index in [4.69, 9.17) is 0 Å². The number of hydrogen-bond donors (Lipinski definition) is 0. The fourth-order valence-corrected chi connectivity index (χ4v) is 25.4. The lowest BCUT2D eigenvalue weighted by Gasteiger charge is -2.33. The van der Waals surface area contributed by atoms with Gasteiger partial charge in [0, 0.05) is 56.0 Å². The topological polar surface area (TPSA) is 0 Å². The van der Waals surface area contributed by atoms with Gasteiger partial charge in [-0.3, -0.25) is 0 Å². The van der Waals surface area contributed by atoms with Crippen LogP contribution in [0.5, 0.6) is 0 Å². The van der Waals surface area contributed by atoms with Crippen LogP contribution in [0.3, 0.4) is 0 Å². The standard InChI is InChI=1S/C26H24Br2I14/c1-7(29)15(31)19(35)23(39)25(41)21(37)17(33)13-9-3-6-12(28)14(10(9)4-5-11(13)27)18(34)22(38)26(42)24(40)20(36)16(32)8(2)30/h3-8,15-26H,1-2H3. The van der Waals surface area contributed by atoms with E-state index in [9.17, 15) is 0 Å². The molecule has 2 aromatic carbocycles. The lowest BCUT2D eigenvalue weighted by atomic mass is 9.94. The van der Waals surface area contributed by atoms with Gasteiger partial charge >= 0.3 is 0 Å². The van der Waals surface area contributed by atoms with Gasteiger partial charge in [-0.2, -0.15) is 0 Å². The van der Waals surface area contributed by atoms with Crippen molar-refractivity contribution in [2.75, 3.05) is 0 Å². The number of rotatable bonds is 14. The van der Waals surface area contributed by atoms with Crippen LogP contribution in [-0.2, 0) is 0 Å². The van der Waals surface area contributed by atoms with Gasteiger partial charge in [-0.1, -0.05) is 374 Å². The molecule has 0 radical (unpaired) electrons. The molecule has 0 aromatic heterocycles. The van der Waals surface area contributed by atoms with Gasteiger partial charge in [0.15, 0.2) is 0 Å². The third-order valence-electron chi connectivity index (χ3n) is 6.60. The number of alkyl halides is 14. The molecule has 2 aromatic rings. The quantitative estimate of drug-likeness (QED) is 0.131. The van der Waals surface area contributed by atoms with E-state index in [1.54, 1.807) is 0 Å². The molecule has 0 aliphatic carbocycles. The van der Waals surface area contributed by atoms with E-state index >= 15 is 0 Å². The Balaban J connectivity index is 2.49. The Labute approximate surface area is 459 Å². The van der Waals surface area contributed by atoms with Gasteiger partial charge in [-0.25, -0.2) is 0 Å². The zero-order valence-electron chi connectivity index (χ0n) is 21.4. The van der Waals surface area contributed by atoms with Crippen molar-refractivity contribution in [3.63, 3.8) is 0 Å². The smallest absolute Gasteiger partial charge is 0.0505 e. The molecule has 240 valence electrons. The summed E-state index contributed by atoms with van der Waals surface area (Å²) in [7, 11) is 0. The van der Waals surface area contributed by atoms with Crippen LogP contribution in [-0.4, -0.2) is 47.1 Å². The second-order valence-corrected chi connectivity index (χ2v) is 32.3. The Hall–Kier alpha value is 9.88. The number of hydrogen-bond acceptors (Lipinski definition) is 0. The van der Waals surface area contributed by atoms with E-state index < -0.39 is 0 Å². The van der Waals surface area contributed by atoms with Crippen LogP contribution in [0.25, 0.3) is 10.8 Å². The zero-order valence-corrected chi connectivity index (χ0v) is 54.8. The third kappa shape index (κ3) is 13.0. The summed E-state index contributed by atoms with van der Waals surface area (Å²) in [6, 6.07) is 9.28. The van der Waals surface area contributed by atoms with Crippen molar-refractivity contribution >= 4 is 359 Å². The molecule has 2 rings (SSSR count). The SMILES string of the molecule is CC(I)C(I)C(I)C(I)C(I)C(I)C(I)c1c(Br)ccc2c(C(I)C(I)C(I)C(I)C(I)C(I)C(C)I)c(Br)ccc12. The molecule has 0 aliphatic rings. The maximum atomic E-state index is 4.00. The molecule has 0 amide bonds. The first-order valence-electron chi connectivity index (χ1n) is 12.2. The molecular weight excluding hydrogens is 2250 g/mol. The first kappa shape index (κ1) is 48.0. The first-order chi connectivity index (χ1) is 19.4. The summed E-state index contributed by atoms with van der Waals surface area (Å²) < 4.78 is 10.4. The Morgan fingerprint density at radius 3 is 0.881 bits per heavy atom. The highest BCUT2D eigenvalue weighted by molar-refractivity contribution is 14.1. The van der Waals surface area contributed by atoms with Crippen molar-refractivity contribution in [1.82, 2.24) is 0 Å². The van der Waals surface area contributed by atoms with Crippen LogP contribution in [0.4, 0.5) is 0 Å². The van der Waals surface area contributed by atoms with Crippen molar-refractivity contribution < 1.29 is 0 Å². The molecule has 0 bridgehead atoms. The molecule has 0 aliphatic heterocycles. The van der Waals surface area contributed by atoms with Crippen LogP contribution < -0.4 is 0 Å². The molecule has 0 nitrogen and oxygen atoms in total. The van der Waals surface area contributed by atoms with E-state index in [-0.39, 0.29) is 0 Å². The zero-order chi connectivity index (χ0) is 32.4. The minimum atomic E-state index is 0.387. The van der Waals surface area contributed by atoms with Crippen molar-refractivity contribution in [2.45, 2.75) is 68.8 Å². The lowest BCUT2D eigenvalue weighted by Crippen LogP contribution is -2.39. The monoisotopic (exact) mass is 2270 g/mol. The molecule has 14 unspecified atom stereocenters. The fourth-order valence-electron chi connectivity index (χ4n) is 4.16. The minimum absolute atomic E-state index is 0.387. The largest absolute Gasteiger partial charge is 0.0817 e.